The van der Waals surface area contributed by atoms with Crippen LogP contribution in [0.1, 0.15) is 21.5 Å². The number of nitrogens with zero attached hydrogens (tertiary/aromatic N) is 2. The molecule has 1 aromatic carbocycles. The largest absolute Gasteiger partial charge is 0.416 e. The third kappa shape index (κ3) is 3.53. The highest BCUT2D eigenvalue weighted by molar-refractivity contribution is 5.99. The SMILES string of the molecule is Cn1cc(CNC(=O)c2cc(C(F)(F)F)ccc2N)cn1. The molecule has 1 aromatic heterocycles. The molecule has 0 spiro atoms. The molecule has 0 bridgehead atoms. The Bertz CT molecular complexity index is 664. The maximum absolute atomic E-state index is 12.6. The van der Waals surface area contributed by atoms with E-state index >= 15 is 0 Å². The minimum atomic E-state index is -4.52. The highest BCUT2D eigenvalue weighted by Gasteiger charge is 2.31. The fourth-order valence-electron chi connectivity index (χ4n) is 1.77. The minimum Gasteiger partial charge on any atom is -0.398 e. The third-order valence-electron chi connectivity index (χ3n) is 2.84. The molecule has 2 rings (SSSR count). The van der Waals surface area contributed by atoms with Crippen molar-refractivity contribution in [3.63, 3.8) is 0 Å². The van der Waals surface area contributed by atoms with Crippen molar-refractivity contribution in [3.05, 3.63) is 47.3 Å². The quantitative estimate of drug-likeness (QED) is 0.851. The van der Waals surface area contributed by atoms with Crippen LogP contribution in [0.15, 0.2) is 30.6 Å². The molecule has 112 valence electrons. The van der Waals surface area contributed by atoms with Crippen LogP contribution in [0.25, 0.3) is 0 Å². The van der Waals surface area contributed by atoms with Gasteiger partial charge in [-0.3, -0.25) is 9.48 Å². The summed E-state index contributed by atoms with van der Waals surface area (Å²) in [6.45, 7) is 0.155. The van der Waals surface area contributed by atoms with Crippen LogP contribution in [0, 0.1) is 0 Å². The second-order valence-electron chi connectivity index (χ2n) is 4.50. The van der Waals surface area contributed by atoms with Gasteiger partial charge in [-0.05, 0) is 18.2 Å². The number of amides is 1. The van der Waals surface area contributed by atoms with E-state index in [0.717, 1.165) is 23.8 Å². The first-order valence-electron chi connectivity index (χ1n) is 6.00. The van der Waals surface area contributed by atoms with Gasteiger partial charge in [-0.15, -0.1) is 0 Å². The number of anilines is 1. The van der Waals surface area contributed by atoms with Crippen LogP contribution in [0.4, 0.5) is 18.9 Å². The predicted molar refractivity (Wildman–Crippen MR) is 70.2 cm³/mol. The van der Waals surface area contributed by atoms with E-state index in [2.05, 4.69) is 10.4 Å². The molecule has 0 aliphatic heterocycles. The van der Waals surface area contributed by atoms with Crippen molar-refractivity contribution in [2.45, 2.75) is 12.7 Å². The van der Waals surface area contributed by atoms with Gasteiger partial charge in [0, 0.05) is 31.0 Å². The van der Waals surface area contributed by atoms with Crippen molar-refractivity contribution in [2.24, 2.45) is 7.05 Å². The molecule has 21 heavy (non-hydrogen) atoms. The Kier molecular flexibility index (Phi) is 3.88. The zero-order valence-corrected chi connectivity index (χ0v) is 11.1. The van der Waals surface area contributed by atoms with Crippen LogP contribution in [0.2, 0.25) is 0 Å². The number of carbonyl (C=O) groups excluding carboxylic acids is 1. The van der Waals surface area contributed by atoms with E-state index in [4.69, 9.17) is 5.73 Å². The lowest BCUT2D eigenvalue weighted by Gasteiger charge is -2.11. The number of halogens is 3. The fourth-order valence-corrected chi connectivity index (χ4v) is 1.77. The molecule has 0 radical (unpaired) electrons. The van der Waals surface area contributed by atoms with Crippen LogP contribution < -0.4 is 11.1 Å². The average Bonchev–Trinajstić information content (AvgIpc) is 2.81. The monoisotopic (exact) mass is 298 g/mol. The normalized spacial score (nSPS) is 11.4. The van der Waals surface area contributed by atoms with Gasteiger partial charge in [0.25, 0.3) is 5.91 Å². The highest BCUT2D eigenvalue weighted by Crippen LogP contribution is 2.31. The second-order valence-corrected chi connectivity index (χ2v) is 4.50. The molecule has 0 saturated carbocycles. The topological polar surface area (TPSA) is 72.9 Å². The molecule has 5 nitrogen and oxygen atoms in total. The summed E-state index contributed by atoms with van der Waals surface area (Å²) in [6, 6.07) is 2.66. The molecule has 0 saturated heterocycles. The number of hydrogen-bond acceptors (Lipinski definition) is 3. The smallest absolute Gasteiger partial charge is 0.398 e. The lowest BCUT2D eigenvalue weighted by Crippen LogP contribution is -2.24. The van der Waals surface area contributed by atoms with Gasteiger partial charge in [0.1, 0.15) is 0 Å². The van der Waals surface area contributed by atoms with E-state index in [-0.39, 0.29) is 17.8 Å². The van der Waals surface area contributed by atoms with E-state index in [1.165, 1.54) is 0 Å². The molecule has 0 aliphatic rings. The summed E-state index contributed by atoms with van der Waals surface area (Å²) in [6.07, 6.45) is -1.28. The van der Waals surface area contributed by atoms with E-state index in [1.807, 2.05) is 0 Å². The molecule has 2 aromatic rings. The van der Waals surface area contributed by atoms with Crippen LogP contribution in [-0.4, -0.2) is 15.7 Å². The highest BCUT2D eigenvalue weighted by atomic mass is 19.4. The Labute approximate surface area is 118 Å². The van der Waals surface area contributed by atoms with Crippen molar-refractivity contribution in [1.82, 2.24) is 15.1 Å². The Morgan fingerprint density at radius 3 is 2.71 bits per heavy atom. The minimum absolute atomic E-state index is 0.00770. The first-order valence-corrected chi connectivity index (χ1v) is 6.00. The van der Waals surface area contributed by atoms with Crippen LogP contribution in [-0.2, 0) is 19.8 Å². The molecule has 0 fully saturated rings. The molecular formula is C13H13F3N4O. The summed E-state index contributed by atoms with van der Waals surface area (Å²) in [5, 5.41) is 6.43. The maximum atomic E-state index is 12.6. The van der Waals surface area contributed by atoms with E-state index in [0.29, 0.717) is 0 Å². The van der Waals surface area contributed by atoms with Crippen molar-refractivity contribution in [3.8, 4) is 0 Å². The first-order chi connectivity index (χ1) is 9.77. The van der Waals surface area contributed by atoms with Crippen LogP contribution in [0.3, 0.4) is 0 Å². The van der Waals surface area contributed by atoms with Gasteiger partial charge in [0.15, 0.2) is 0 Å². The molecule has 0 unspecified atom stereocenters. The van der Waals surface area contributed by atoms with Gasteiger partial charge in [0.2, 0.25) is 0 Å². The number of nitrogens with two attached hydrogens (primary N) is 1. The molecule has 1 amide bonds. The molecule has 0 aliphatic carbocycles. The zero-order chi connectivity index (χ0) is 15.6. The summed E-state index contributed by atoms with van der Waals surface area (Å²) in [5.74, 6) is -0.664. The number of aromatic nitrogens is 2. The lowest BCUT2D eigenvalue weighted by atomic mass is 10.1. The molecule has 8 heteroatoms. The Morgan fingerprint density at radius 1 is 1.43 bits per heavy atom. The van der Waals surface area contributed by atoms with E-state index < -0.39 is 17.6 Å². The molecule has 3 N–H and O–H groups in total. The standard InChI is InChI=1S/C13H13F3N4O/c1-20-7-8(6-19-20)5-18-12(21)10-4-9(13(14,15)16)2-3-11(10)17/h2-4,6-7H,5,17H2,1H3,(H,18,21). The molecular weight excluding hydrogens is 285 g/mol. The third-order valence-corrected chi connectivity index (χ3v) is 2.84. The van der Waals surface area contributed by atoms with Crippen molar-refractivity contribution in [2.75, 3.05) is 5.73 Å². The molecule has 1 heterocycles. The summed E-state index contributed by atoms with van der Waals surface area (Å²) in [5.41, 5.74) is 5.17. The van der Waals surface area contributed by atoms with Gasteiger partial charge >= 0.3 is 6.18 Å². The predicted octanol–water partition coefficient (Wildman–Crippen LogP) is 1.95. The number of nitrogen functional groups attached to an aromatic ring is 1. The van der Waals surface area contributed by atoms with E-state index in [1.54, 1.807) is 24.1 Å². The summed E-state index contributed by atoms with van der Waals surface area (Å²) >= 11 is 0. The van der Waals surface area contributed by atoms with Gasteiger partial charge in [0.05, 0.1) is 17.3 Å². The number of nitrogens with one attached hydrogen (secondary N) is 1. The number of alkyl halides is 3. The Hall–Kier alpha value is -2.51. The van der Waals surface area contributed by atoms with E-state index in [9.17, 15) is 18.0 Å². The lowest BCUT2D eigenvalue weighted by molar-refractivity contribution is -0.137. The van der Waals surface area contributed by atoms with Crippen LogP contribution in [0.5, 0.6) is 0 Å². The first kappa shape index (κ1) is 14.9. The number of carbonyl (C=O) groups is 1. The van der Waals surface area contributed by atoms with Crippen molar-refractivity contribution < 1.29 is 18.0 Å². The Balaban J connectivity index is 2.15. The average molecular weight is 298 g/mol. The number of benzene rings is 1. The zero-order valence-electron chi connectivity index (χ0n) is 11.1. The Morgan fingerprint density at radius 2 is 2.14 bits per heavy atom. The summed E-state index contributed by atoms with van der Waals surface area (Å²) < 4.78 is 39.5. The van der Waals surface area contributed by atoms with Gasteiger partial charge < -0.3 is 11.1 Å². The summed E-state index contributed by atoms with van der Waals surface area (Å²) in [4.78, 5) is 11.9. The summed E-state index contributed by atoms with van der Waals surface area (Å²) in [7, 11) is 1.72. The van der Waals surface area contributed by atoms with Crippen LogP contribution >= 0.6 is 0 Å². The van der Waals surface area contributed by atoms with Gasteiger partial charge in [-0.2, -0.15) is 18.3 Å². The maximum Gasteiger partial charge on any atom is 0.416 e. The number of hydrogen-bond donors (Lipinski definition) is 2. The molecule has 0 atom stereocenters. The number of rotatable bonds is 3. The van der Waals surface area contributed by atoms with Gasteiger partial charge in [-0.1, -0.05) is 0 Å². The van der Waals surface area contributed by atoms with Crippen molar-refractivity contribution >= 4 is 11.6 Å². The number of aryl methyl sites for hydroxylation is 1. The second kappa shape index (κ2) is 5.47. The fraction of sp³-hybridized carbons (Fsp3) is 0.231. The van der Waals surface area contributed by atoms with Gasteiger partial charge in [-0.25, -0.2) is 0 Å². The van der Waals surface area contributed by atoms with Crippen molar-refractivity contribution in [1.29, 1.82) is 0 Å².